The van der Waals surface area contributed by atoms with E-state index in [4.69, 9.17) is 0 Å². The molecule has 2 fully saturated rings. The quantitative estimate of drug-likeness (QED) is 0.669. The molecule has 1 aromatic heterocycles. The van der Waals surface area contributed by atoms with Crippen LogP contribution in [0.4, 0.5) is 5.82 Å². The molecule has 2 aliphatic heterocycles. The van der Waals surface area contributed by atoms with Crippen LogP contribution in [-0.2, 0) is 14.6 Å². The van der Waals surface area contributed by atoms with Crippen molar-refractivity contribution in [3.05, 3.63) is 23.9 Å². The van der Waals surface area contributed by atoms with Gasteiger partial charge in [-0.3, -0.25) is 9.59 Å². The van der Waals surface area contributed by atoms with Gasteiger partial charge in [-0.25, -0.2) is 13.4 Å². The Morgan fingerprint density at radius 1 is 1.35 bits per heavy atom. The van der Waals surface area contributed by atoms with Crippen LogP contribution in [-0.4, -0.2) is 85.8 Å². The molecule has 8 nitrogen and oxygen atoms in total. The van der Waals surface area contributed by atoms with Gasteiger partial charge in [0.1, 0.15) is 5.82 Å². The highest BCUT2D eigenvalue weighted by Gasteiger charge is 2.32. The summed E-state index contributed by atoms with van der Waals surface area (Å²) in [4.78, 5) is 33.3. The lowest BCUT2D eigenvalue weighted by Gasteiger charge is -2.33. The Kier molecular flexibility index (Phi) is 5.45. The molecule has 0 N–H and O–H groups in total. The number of carbonyl (C=O) groups is 2. The SMILES string of the molecule is CCN(c1cc(C(=O)N2CCN(C=O)CC2)ccn1)C1CCS(=O)(=O)C1. The van der Waals surface area contributed by atoms with Crippen molar-refractivity contribution in [2.24, 2.45) is 0 Å². The van der Waals surface area contributed by atoms with Crippen molar-refractivity contribution in [3.8, 4) is 0 Å². The predicted octanol–water partition coefficient (Wildman–Crippen LogP) is 0.00920. The van der Waals surface area contributed by atoms with E-state index < -0.39 is 9.84 Å². The first-order valence-electron chi connectivity index (χ1n) is 8.85. The van der Waals surface area contributed by atoms with E-state index in [2.05, 4.69) is 4.98 Å². The van der Waals surface area contributed by atoms with Gasteiger partial charge in [-0.2, -0.15) is 0 Å². The Balaban J connectivity index is 1.75. The molecule has 0 radical (unpaired) electrons. The van der Waals surface area contributed by atoms with E-state index in [1.807, 2.05) is 11.8 Å². The Labute approximate surface area is 153 Å². The summed E-state index contributed by atoms with van der Waals surface area (Å²) in [5.41, 5.74) is 0.536. The molecule has 2 amide bonds. The molecular weight excluding hydrogens is 356 g/mol. The molecule has 9 heteroatoms. The molecule has 0 bridgehead atoms. The Bertz CT molecular complexity index is 775. The van der Waals surface area contributed by atoms with Crippen molar-refractivity contribution in [1.29, 1.82) is 0 Å². The molecule has 26 heavy (non-hydrogen) atoms. The number of anilines is 1. The van der Waals surface area contributed by atoms with Crippen LogP contribution >= 0.6 is 0 Å². The fourth-order valence-electron chi connectivity index (χ4n) is 3.55. The highest BCUT2D eigenvalue weighted by molar-refractivity contribution is 7.91. The van der Waals surface area contributed by atoms with Crippen molar-refractivity contribution in [2.75, 3.05) is 49.1 Å². The fourth-order valence-corrected chi connectivity index (χ4v) is 5.28. The van der Waals surface area contributed by atoms with Crippen LogP contribution in [0.2, 0.25) is 0 Å². The number of hydrogen-bond donors (Lipinski definition) is 0. The van der Waals surface area contributed by atoms with Crippen LogP contribution in [0, 0.1) is 0 Å². The molecule has 0 spiro atoms. The van der Waals surface area contributed by atoms with Crippen molar-refractivity contribution in [2.45, 2.75) is 19.4 Å². The van der Waals surface area contributed by atoms with Crippen LogP contribution in [0.15, 0.2) is 18.3 Å². The lowest BCUT2D eigenvalue weighted by Crippen LogP contribution is -2.48. The van der Waals surface area contributed by atoms with Gasteiger partial charge in [-0.1, -0.05) is 0 Å². The zero-order chi connectivity index (χ0) is 18.7. The van der Waals surface area contributed by atoms with E-state index >= 15 is 0 Å². The second kappa shape index (κ2) is 7.61. The molecule has 3 rings (SSSR count). The molecule has 0 aromatic carbocycles. The molecular formula is C17H24N4O4S. The summed E-state index contributed by atoms with van der Waals surface area (Å²) in [6.45, 7) is 4.67. The number of pyridine rings is 1. The predicted molar refractivity (Wildman–Crippen MR) is 97.9 cm³/mol. The Hall–Kier alpha value is -2.16. The first-order valence-corrected chi connectivity index (χ1v) is 10.7. The second-order valence-electron chi connectivity index (χ2n) is 6.68. The molecule has 142 valence electrons. The lowest BCUT2D eigenvalue weighted by molar-refractivity contribution is -0.119. The van der Waals surface area contributed by atoms with E-state index in [9.17, 15) is 18.0 Å². The summed E-state index contributed by atoms with van der Waals surface area (Å²) in [7, 11) is -2.99. The van der Waals surface area contributed by atoms with Gasteiger partial charge in [0.15, 0.2) is 9.84 Å². The minimum absolute atomic E-state index is 0.0886. The largest absolute Gasteiger partial charge is 0.353 e. The van der Waals surface area contributed by atoms with Crippen LogP contribution in [0.25, 0.3) is 0 Å². The number of sulfone groups is 1. The zero-order valence-electron chi connectivity index (χ0n) is 14.9. The van der Waals surface area contributed by atoms with Gasteiger partial charge in [0.2, 0.25) is 6.41 Å². The summed E-state index contributed by atoms with van der Waals surface area (Å²) >= 11 is 0. The number of piperazine rings is 1. The van der Waals surface area contributed by atoms with Gasteiger partial charge in [0, 0.05) is 50.5 Å². The molecule has 3 heterocycles. The summed E-state index contributed by atoms with van der Waals surface area (Å²) in [5, 5.41) is 0. The average Bonchev–Trinajstić information content (AvgIpc) is 3.01. The van der Waals surface area contributed by atoms with Crippen LogP contribution in [0.3, 0.4) is 0 Å². The average molecular weight is 380 g/mol. The molecule has 1 atom stereocenters. The summed E-state index contributed by atoms with van der Waals surface area (Å²) in [5.74, 6) is 0.878. The van der Waals surface area contributed by atoms with Crippen molar-refractivity contribution in [1.82, 2.24) is 14.8 Å². The number of amides is 2. The van der Waals surface area contributed by atoms with Crippen molar-refractivity contribution < 1.29 is 18.0 Å². The Morgan fingerprint density at radius 3 is 2.65 bits per heavy atom. The van der Waals surface area contributed by atoms with Gasteiger partial charge in [-0.15, -0.1) is 0 Å². The third-order valence-corrected chi connectivity index (χ3v) is 6.78. The van der Waals surface area contributed by atoms with Crippen molar-refractivity contribution in [3.63, 3.8) is 0 Å². The Morgan fingerprint density at radius 2 is 2.08 bits per heavy atom. The third kappa shape index (κ3) is 3.98. The maximum Gasteiger partial charge on any atom is 0.254 e. The molecule has 1 aromatic rings. The van der Waals surface area contributed by atoms with Gasteiger partial charge in [0.05, 0.1) is 11.5 Å². The topological polar surface area (TPSA) is 90.9 Å². The van der Waals surface area contributed by atoms with Gasteiger partial charge < -0.3 is 14.7 Å². The second-order valence-corrected chi connectivity index (χ2v) is 8.91. The number of aromatic nitrogens is 1. The van der Waals surface area contributed by atoms with Gasteiger partial charge in [0.25, 0.3) is 5.91 Å². The van der Waals surface area contributed by atoms with Crippen LogP contribution < -0.4 is 4.90 Å². The van der Waals surface area contributed by atoms with E-state index in [1.165, 1.54) is 0 Å². The maximum absolute atomic E-state index is 12.8. The van der Waals surface area contributed by atoms with Crippen LogP contribution in [0.5, 0.6) is 0 Å². The first-order chi connectivity index (χ1) is 12.4. The monoisotopic (exact) mass is 380 g/mol. The molecule has 2 aliphatic rings. The standard InChI is InChI=1S/C17H24N4O4S/c1-2-21(15-4-10-26(24,25)12-15)16-11-14(3-5-18-16)17(23)20-8-6-19(13-22)7-9-20/h3,5,11,13,15H,2,4,6-10,12H2,1H3. The number of nitrogens with zero attached hydrogens (tertiary/aromatic N) is 4. The lowest BCUT2D eigenvalue weighted by atomic mass is 10.1. The number of carbonyl (C=O) groups excluding carboxylic acids is 2. The smallest absolute Gasteiger partial charge is 0.254 e. The summed E-state index contributed by atoms with van der Waals surface area (Å²) in [6, 6.07) is 3.32. The summed E-state index contributed by atoms with van der Waals surface area (Å²) in [6.07, 6.45) is 2.99. The van der Waals surface area contributed by atoms with E-state index in [1.54, 1.807) is 28.1 Å². The van der Waals surface area contributed by atoms with E-state index in [0.717, 1.165) is 6.41 Å². The van der Waals surface area contributed by atoms with Crippen LogP contribution in [0.1, 0.15) is 23.7 Å². The van der Waals surface area contributed by atoms with E-state index in [0.29, 0.717) is 50.5 Å². The van der Waals surface area contributed by atoms with Crippen molar-refractivity contribution >= 4 is 28.0 Å². The minimum Gasteiger partial charge on any atom is -0.353 e. The summed E-state index contributed by atoms with van der Waals surface area (Å²) < 4.78 is 23.6. The fraction of sp³-hybridized carbons (Fsp3) is 0.588. The highest BCUT2D eigenvalue weighted by Crippen LogP contribution is 2.23. The minimum atomic E-state index is -2.99. The van der Waals surface area contributed by atoms with E-state index in [-0.39, 0.29) is 23.5 Å². The molecule has 0 saturated carbocycles. The maximum atomic E-state index is 12.8. The number of rotatable bonds is 5. The molecule has 0 aliphatic carbocycles. The zero-order valence-corrected chi connectivity index (χ0v) is 15.7. The number of hydrogen-bond acceptors (Lipinski definition) is 6. The molecule has 2 saturated heterocycles. The third-order valence-electron chi connectivity index (χ3n) is 5.03. The first kappa shape index (κ1) is 18.6. The highest BCUT2D eigenvalue weighted by atomic mass is 32.2. The van der Waals surface area contributed by atoms with Gasteiger partial charge >= 0.3 is 0 Å². The molecule has 1 unspecified atom stereocenters. The normalized spacial score (nSPS) is 22.3. The van der Waals surface area contributed by atoms with Gasteiger partial charge in [-0.05, 0) is 25.5 Å².